The number of rotatable bonds is 2. The van der Waals surface area contributed by atoms with E-state index in [1.807, 2.05) is 35.0 Å². The molecule has 0 saturated carbocycles. The molecule has 0 bridgehead atoms. The third-order valence-electron chi connectivity index (χ3n) is 3.92. The van der Waals surface area contributed by atoms with E-state index < -0.39 is 11.9 Å². The van der Waals surface area contributed by atoms with Crippen molar-refractivity contribution in [2.45, 2.75) is 25.3 Å². The van der Waals surface area contributed by atoms with Crippen molar-refractivity contribution < 1.29 is 9.90 Å². The maximum Gasteiger partial charge on any atom is 0.308 e. The Morgan fingerprint density at radius 3 is 3.16 bits per heavy atom. The summed E-state index contributed by atoms with van der Waals surface area (Å²) >= 11 is 0. The smallest absolute Gasteiger partial charge is 0.308 e. The first kappa shape index (κ1) is 12.2. The van der Waals surface area contributed by atoms with Gasteiger partial charge in [-0.05, 0) is 25.5 Å². The van der Waals surface area contributed by atoms with E-state index in [1.54, 1.807) is 0 Å². The average Bonchev–Trinajstić information content (AvgIpc) is 2.82. The largest absolute Gasteiger partial charge is 0.481 e. The van der Waals surface area contributed by atoms with Crippen molar-refractivity contribution >= 4 is 11.6 Å². The lowest BCUT2D eigenvalue weighted by Gasteiger charge is -2.33. The zero-order chi connectivity index (χ0) is 13.4. The number of pyridine rings is 1. The van der Waals surface area contributed by atoms with Crippen LogP contribution in [0.3, 0.4) is 0 Å². The van der Waals surface area contributed by atoms with Crippen LogP contribution in [0.5, 0.6) is 0 Å². The van der Waals surface area contributed by atoms with E-state index in [4.69, 9.17) is 0 Å². The van der Waals surface area contributed by atoms with Crippen molar-refractivity contribution in [1.29, 1.82) is 0 Å². The summed E-state index contributed by atoms with van der Waals surface area (Å²) in [5.74, 6) is -1.13. The van der Waals surface area contributed by atoms with Gasteiger partial charge in [-0.3, -0.25) is 4.79 Å². The van der Waals surface area contributed by atoms with Gasteiger partial charge in [0.1, 0.15) is 5.65 Å². The van der Waals surface area contributed by atoms with Crippen molar-refractivity contribution in [2.24, 2.45) is 5.92 Å². The molecule has 0 amide bonds. The molecule has 3 heterocycles. The van der Waals surface area contributed by atoms with Gasteiger partial charge in [0.2, 0.25) is 0 Å². The maximum absolute atomic E-state index is 11.4. The van der Waals surface area contributed by atoms with E-state index in [0.29, 0.717) is 12.6 Å². The van der Waals surface area contributed by atoms with Crippen LogP contribution < -0.4 is 5.32 Å². The van der Waals surface area contributed by atoms with Crippen LogP contribution in [0.25, 0.3) is 5.65 Å². The Morgan fingerprint density at radius 1 is 1.53 bits per heavy atom. The van der Waals surface area contributed by atoms with E-state index in [0.717, 1.165) is 17.8 Å². The predicted octanol–water partition coefficient (Wildman–Crippen LogP) is 1.50. The molecule has 2 aromatic heterocycles. The van der Waals surface area contributed by atoms with Gasteiger partial charge in [0.15, 0.2) is 0 Å². The minimum atomic E-state index is -0.740. The summed E-state index contributed by atoms with van der Waals surface area (Å²) in [4.78, 5) is 15.8. The average molecular weight is 259 g/mol. The minimum absolute atomic E-state index is 0.00569. The molecule has 0 aliphatic carbocycles. The Bertz CT molecular complexity index is 608. The molecule has 3 unspecified atom stereocenters. The lowest BCUT2D eigenvalue weighted by atomic mass is 9.81. The van der Waals surface area contributed by atoms with Crippen LogP contribution in [-0.4, -0.2) is 33.0 Å². The fourth-order valence-corrected chi connectivity index (χ4v) is 2.91. The van der Waals surface area contributed by atoms with Gasteiger partial charge in [-0.15, -0.1) is 0 Å². The highest BCUT2D eigenvalue weighted by atomic mass is 16.4. The number of hydrogen-bond donors (Lipinski definition) is 2. The highest BCUT2D eigenvalue weighted by molar-refractivity contribution is 5.72. The molecule has 0 spiro atoms. The van der Waals surface area contributed by atoms with E-state index >= 15 is 0 Å². The molecule has 0 radical (unpaired) electrons. The van der Waals surface area contributed by atoms with Crippen LogP contribution in [0.15, 0.2) is 30.6 Å². The van der Waals surface area contributed by atoms with Crippen LogP contribution in [0.1, 0.15) is 25.0 Å². The third-order valence-corrected chi connectivity index (χ3v) is 3.92. The first-order valence-electron chi connectivity index (χ1n) is 6.55. The molecule has 3 atom stereocenters. The first-order valence-corrected chi connectivity index (χ1v) is 6.55. The first-order chi connectivity index (χ1) is 9.16. The number of nitrogens with one attached hydrogen (secondary N) is 1. The number of imidazole rings is 1. The number of piperidine rings is 1. The number of carboxylic acids is 1. The van der Waals surface area contributed by atoms with Crippen LogP contribution in [0.4, 0.5) is 0 Å². The number of carbonyl (C=O) groups is 1. The van der Waals surface area contributed by atoms with Gasteiger partial charge in [-0.2, -0.15) is 0 Å². The van der Waals surface area contributed by atoms with Crippen molar-refractivity contribution in [3.05, 3.63) is 36.3 Å². The summed E-state index contributed by atoms with van der Waals surface area (Å²) in [5.41, 5.74) is 1.86. The van der Waals surface area contributed by atoms with E-state index in [2.05, 4.69) is 17.2 Å². The van der Waals surface area contributed by atoms with Crippen molar-refractivity contribution in [1.82, 2.24) is 14.7 Å². The number of fused-ring (bicyclic) bond motifs is 1. The van der Waals surface area contributed by atoms with Crippen LogP contribution in [-0.2, 0) is 4.79 Å². The number of aromatic nitrogens is 2. The molecular weight excluding hydrogens is 242 g/mol. The summed E-state index contributed by atoms with van der Waals surface area (Å²) in [7, 11) is 0. The van der Waals surface area contributed by atoms with Gasteiger partial charge in [-0.1, -0.05) is 6.07 Å². The number of carboxylic acid groups (broad SMARTS) is 1. The molecule has 1 aliphatic rings. The summed E-state index contributed by atoms with van der Waals surface area (Å²) < 4.78 is 2.00. The zero-order valence-electron chi connectivity index (χ0n) is 10.8. The van der Waals surface area contributed by atoms with Gasteiger partial charge in [0.05, 0.1) is 5.92 Å². The van der Waals surface area contributed by atoms with Gasteiger partial charge >= 0.3 is 5.97 Å². The standard InChI is InChI=1S/C14H17N3O2/c1-9-6-10(11(7-15-9)14(18)19)12-8-16-13-4-2-3-5-17(12)13/h2-5,8-11,15H,6-7H2,1H3,(H,18,19). The SMILES string of the molecule is CC1CC(c2cnc3ccccn23)C(C(=O)O)CN1. The van der Waals surface area contributed by atoms with Gasteiger partial charge in [0, 0.05) is 36.6 Å². The summed E-state index contributed by atoms with van der Waals surface area (Å²) in [6.07, 6.45) is 4.58. The Morgan fingerprint density at radius 2 is 2.37 bits per heavy atom. The quantitative estimate of drug-likeness (QED) is 0.857. The van der Waals surface area contributed by atoms with Gasteiger partial charge in [-0.25, -0.2) is 4.98 Å². The number of nitrogens with zero attached hydrogens (tertiary/aromatic N) is 2. The Labute approximate surface area is 111 Å². The monoisotopic (exact) mass is 259 g/mol. The number of hydrogen-bond acceptors (Lipinski definition) is 3. The Kier molecular flexibility index (Phi) is 2.98. The zero-order valence-corrected chi connectivity index (χ0v) is 10.8. The lowest BCUT2D eigenvalue weighted by molar-refractivity contribution is -0.143. The molecule has 1 aliphatic heterocycles. The molecule has 5 heteroatoms. The second kappa shape index (κ2) is 4.66. The van der Waals surface area contributed by atoms with Crippen LogP contribution >= 0.6 is 0 Å². The normalized spacial score (nSPS) is 27.5. The van der Waals surface area contributed by atoms with Gasteiger partial charge < -0.3 is 14.8 Å². The summed E-state index contributed by atoms with van der Waals surface area (Å²) in [5, 5.41) is 12.6. The molecule has 1 fully saturated rings. The maximum atomic E-state index is 11.4. The highest BCUT2D eigenvalue weighted by Crippen LogP contribution is 2.33. The van der Waals surface area contributed by atoms with Gasteiger partial charge in [0.25, 0.3) is 0 Å². The van der Waals surface area contributed by atoms with Crippen LogP contribution in [0.2, 0.25) is 0 Å². The second-order valence-corrected chi connectivity index (χ2v) is 5.21. The summed E-state index contributed by atoms with van der Waals surface area (Å²) in [6.45, 7) is 2.61. The second-order valence-electron chi connectivity index (χ2n) is 5.21. The molecule has 1 saturated heterocycles. The molecule has 19 heavy (non-hydrogen) atoms. The molecule has 2 N–H and O–H groups in total. The Hall–Kier alpha value is -1.88. The lowest BCUT2D eigenvalue weighted by Crippen LogP contribution is -2.44. The molecule has 5 nitrogen and oxygen atoms in total. The molecule has 0 aromatic carbocycles. The fraction of sp³-hybridized carbons (Fsp3) is 0.429. The van der Waals surface area contributed by atoms with E-state index in [-0.39, 0.29) is 5.92 Å². The van der Waals surface area contributed by atoms with Crippen LogP contribution in [0, 0.1) is 5.92 Å². The van der Waals surface area contributed by atoms with E-state index in [9.17, 15) is 9.90 Å². The fourth-order valence-electron chi connectivity index (χ4n) is 2.91. The molecule has 100 valence electrons. The summed E-state index contributed by atoms with van der Waals surface area (Å²) in [6, 6.07) is 6.14. The number of aliphatic carboxylic acids is 1. The van der Waals surface area contributed by atoms with E-state index in [1.165, 1.54) is 0 Å². The molecule has 2 aromatic rings. The van der Waals surface area contributed by atoms with Crippen molar-refractivity contribution in [3.63, 3.8) is 0 Å². The molecular formula is C14H17N3O2. The predicted molar refractivity (Wildman–Crippen MR) is 71.1 cm³/mol. The van der Waals surface area contributed by atoms with Crippen molar-refractivity contribution in [2.75, 3.05) is 6.54 Å². The minimum Gasteiger partial charge on any atom is -0.481 e. The highest BCUT2D eigenvalue weighted by Gasteiger charge is 2.36. The van der Waals surface area contributed by atoms with Crippen molar-refractivity contribution in [3.8, 4) is 0 Å². The molecule has 3 rings (SSSR count). The Balaban J connectivity index is 2.04. The third kappa shape index (κ3) is 2.10. The topological polar surface area (TPSA) is 66.6 Å².